The van der Waals surface area contributed by atoms with Gasteiger partial charge in [-0.3, -0.25) is 0 Å². The van der Waals surface area contributed by atoms with Crippen molar-refractivity contribution in [3.05, 3.63) is 92.9 Å². The highest BCUT2D eigenvalue weighted by Crippen LogP contribution is 2.38. The molecule has 29 heavy (non-hydrogen) atoms. The first-order valence-electron chi connectivity index (χ1n) is 10.0. The molecule has 0 saturated carbocycles. The van der Waals surface area contributed by atoms with Crippen LogP contribution in [-0.4, -0.2) is 6.18 Å². The Morgan fingerprint density at radius 1 is 0.966 bits per heavy atom. The van der Waals surface area contributed by atoms with Crippen molar-refractivity contribution in [1.82, 2.24) is 0 Å². The largest absolute Gasteiger partial charge is 0.413 e. The summed E-state index contributed by atoms with van der Waals surface area (Å²) in [6, 6.07) is 14.3. The van der Waals surface area contributed by atoms with Crippen LogP contribution < -0.4 is 10.4 Å². The van der Waals surface area contributed by atoms with E-state index < -0.39 is 17.7 Å². The summed E-state index contributed by atoms with van der Waals surface area (Å²) in [5.41, 5.74) is 5.30. The molecular formula is C26H21F3. The first-order chi connectivity index (χ1) is 13.9. The topological polar surface area (TPSA) is 0 Å². The number of allylic oxidation sites excluding steroid dienone is 5. The molecule has 3 aliphatic carbocycles. The summed E-state index contributed by atoms with van der Waals surface area (Å²) in [6.45, 7) is 1.63. The van der Waals surface area contributed by atoms with Crippen LogP contribution in [0, 0.1) is 5.92 Å². The Bertz CT molecular complexity index is 1190. The molecule has 3 aliphatic rings. The normalized spacial score (nSPS) is 22.7. The van der Waals surface area contributed by atoms with Crippen molar-refractivity contribution < 1.29 is 13.2 Å². The van der Waals surface area contributed by atoms with Gasteiger partial charge in [0.2, 0.25) is 0 Å². The van der Waals surface area contributed by atoms with Gasteiger partial charge < -0.3 is 0 Å². The molecule has 146 valence electrons. The highest BCUT2D eigenvalue weighted by Gasteiger charge is 2.37. The maximum Gasteiger partial charge on any atom is 0.413 e. The van der Waals surface area contributed by atoms with Crippen molar-refractivity contribution in [2.45, 2.75) is 31.9 Å². The van der Waals surface area contributed by atoms with Gasteiger partial charge in [-0.15, -0.1) is 0 Å². The van der Waals surface area contributed by atoms with E-state index in [2.05, 4.69) is 42.5 Å². The molecule has 0 N–H and O–H groups in total. The molecule has 0 spiro atoms. The van der Waals surface area contributed by atoms with E-state index >= 15 is 0 Å². The van der Waals surface area contributed by atoms with E-state index in [-0.39, 0.29) is 0 Å². The molecule has 0 aliphatic heterocycles. The van der Waals surface area contributed by atoms with Crippen LogP contribution in [0.2, 0.25) is 0 Å². The molecule has 0 fully saturated rings. The van der Waals surface area contributed by atoms with Crippen molar-refractivity contribution >= 4 is 23.8 Å². The lowest BCUT2D eigenvalue weighted by Crippen LogP contribution is -2.36. The Balaban J connectivity index is 1.56. The lowest BCUT2D eigenvalue weighted by molar-refractivity contribution is -0.0951. The standard InChI is InChI=1S/C26H21F3/c1-16-13-24-20(15-25(16)26(27,28)29)9-11-22-21-10-7-18(17-5-3-2-4-6-17)14-19(21)8-12-23(22)24/h2-7,9-13,15-16,18H,8,14H2,1H3. The predicted octanol–water partition coefficient (Wildman–Crippen LogP) is 5.74. The van der Waals surface area contributed by atoms with Gasteiger partial charge in [0.15, 0.2) is 0 Å². The molecule has 2 aromatic carbocycles. The number of rotatable bonds is 1. The fourth-order valence-corrected chi connectivity index (χ4v) is 4.80. The predicted molar refractivity (Wildman–Crippen MR) is 112 cm³/mol. The Hall–Kier alpha value is -2.81. The molecule has 0 amide bonds. The van der Waals surface area contributed by atoms with Gasteiger partial charge in [0.1, 0.15) is 0 Å². The van der Waals surface area contributed by atoms with Crippen molar-refractivity contribution in [2.75, 3.05) is 0 Å². The van der Waals surface area contributed by atoms with Crippen LogP contribution in [0.4, 0.5) is 13.2 Å². The van der Waals surface area contributed by atoms with Crippen LogP contribution in [0.25, 0.3) is 23.8 Å². The maximum absolute atomic E-state index is 13.3. The van der Waals surface area contributed by atoms with Crippen LogP contribution in [0.1, 0.15) is 42.4 Å². The number of fused-ring (bicyclic) bond motifs is 4. The SMILES string of the molecule is CC1C=c2c(ccc3c2=CCC2=C3C=CC(c3ccccc3)C2)C=C1C(F)(F)F. The van der Waals surface area contributed by atoms with Crippen LogP contribution in [0.5, 0.6) is 0 Å². The molecule has 2 unspecified atom stereocenters. The highest BCUT2D eigenvalue weighted by atomic mass is 19.4. The highest BCUT2D eigenvalue weighted by molar-refractivity contribution is 5.83. The minimum Gasteiger partial charge on any atom is -0.166 e. The van der Waals surface area contributed by atoms with E-state index in [1.807, 2.05) is 18.2 Å². The van der Waals surface area contributed by atoms with E-state index in [4.69, 9.17) is 0 Å². The quantitative estimate of drug-likeness (QED) is 0.582. The Kier molecular flexibility index (Phi) is 4.16. The number of hydrogen-bond acceptors (Lipinski definition) is 0. The summed E-state index contributed by atoms with van der Waals surface area (Å²) in [5.74, 6) is -0.256. The first kappa shape index (κ1) is 18.2. The second-order valence-corrected chi connectivity index (χ2v) is 8.09. The summed E-state index contributed by atoms with van der Waals surface area (Å²) in [6.07, 6.45) is 7.31. The maximum atomic E-state index is 13.3. The third-order valence-corrected chi connectivity index (χ3v) is 6.28. The summed E-state index contributed by atoms with van der Waals surface area (Å²) in [7, 11) is 0. The monoisotopic (exact) mass is 390 g/mol. The van der Waals surface area contributed by atoms with Gasteiger partial charge >= 0.3 is 6.18 Å². The molecule has 2 atom stereocenters. The van der Waals surface area contributed by atoms with Gasteiger partial charge in [-0.1, -0.05) is 79.3 Å². The van der Waals surface area contributed by atoms with Crippen LogP contribution in [0.15, 0.2) is 65.8 Å². The minimum absolute atomic E-state index is 0.381. The third kappa shape index (κ3) is 3.09. The van der Waals surface area contributed by atoms with E-state index in [9.17, 15) is 13.2 Å². The molecule has 5 rings (SSSR count). The summed E-state index contributed by atoms with van der Waals surface area (Å²) in [4.78, 5) is 0. The first-order valence-corrected chi connectivity index (χ1v) is 10.0. The number of halogens is 3. The van der Waals surface area contributed by atoms with Crippen molar-refractivity contribution in [2.24, 2.45) is 5.92 Å². The zero-order valence-electron chi connectivity index (χ0n) is 16.1. The smallest absolute Gasteiger partial charge is 0.166 e. The zero-order valence-corrected chi connectivity index (χ0v) is 16.1. The van der Waals surface area contributed by atoms with Gasteiger partial charge in [-0.25, -0.2) is 0 Å². The van der Waals surface area contributed by atoms with Gasteiger partial charge in [-0.05, 0) is 51.6 Å². The lowest BCUT2D eigenvalue weighted by Gasteiger charge is -2.27. The fraction of sp³-hybridized carbons (Fsp3) is 0.231. The molecule has 2 aromatic rings. The van der Waals surface area contributed by atoms with Crippen LogP contribution in [-0.2, 0) is 0 Å². The summed E-state index contributed by atoms with van der Waals surface area (Å²) in [5, 5.41) is 2.02. The second kappa shape index (κ2) is 6.62. The molecule has 0 nitrogen and oxygen atoms in total. The fourth-order valence-electron chi connectivity index (χ4n) is 4.80. The molecule has 0 heterocycles. The van der Waals surface area contributed by atoms with E-state index in [1.54, 1.807) is 13.0 Å². The number of benzene rings is 2. The third-order valence-electron chi connectivity index (χ3n) is 6.28. The van der Waals surface area contributed by atoms with E-state index in [0.29, 0.717) is 11.5 Å². The molecular weight excluding hydrogens is 369 g/mol. The van der Waals surface area contributed by atoms with Crippen molar-refractivity contribution in [3.63, 3.8) is 0 Å². The second-order valence-electron chi connectivity index (χ2n) is 8.09. The Morgan fingerprint density at radius 2 is 1.76 bits per heavy atom. The van der Waals surface area contributed by atoms with E-state index in [1.165, 1.54) is 22.8 Å². The molecule has 0 radical (unpaired) electrons. The minimum atomic E-state index is -4.29. The van der Waals surface area contributed by atoms with Gasteiger partial charge in [-0.2, -0.15) is 13.2 Å². The summed E-state index contributed by atoms with van der Waals surface area (Å²) >= 11 is 0. The van der Waals surface area contributed by atoms with Crippen LogP contribution >= 0.6 is 0 Å². The average molecular weight is 390 g/mol. The molecule has 3 heteroatoms. The molecule has 0 aromatic heterocycles. The van der Waals surface area contributed by atoms with Gasteiger partial charge in [0.05, 0.1) is 0 Å². The lowest BCUT2D eigenvalue weighted by atomic mass is 9.78. The van der Waals surface area contributed by atoms with Gasteiger partial charge in [0, 0.05) is 17.4 Å². The molecule has 0 bridgehead atoms. The number of alkyl halides is 3. The van der Waals surface area contributed by atoms with Gasteiger partial charge in [0.25, 0.3) is 0 Å². The van der Waals surface area contributed by atoms with Crippen molar-refractivity contribution in [1.29, 1.82) is 0 Å². The number of hydrogen-bond donors (Lipinski definition) is 0. The Labute approximate surface area is 168 Å². The summed E-state index contributed by atoms with van der Waals surface area (Å²) < 4.78 is 39.9. The zero-order chi connectivity index (χ0) is 20.2. The molecule has 0 saturated heterocycles. The average Bonchev–Trinajstić information content (AvgIpc) is 2.72. The van der Waals surface area contributed by atoms with Crippen molar-refractivity contribution in [3.8, 4) is 0 Å². The van der Waals surface area contributed by atoms with E-state index in [0.717, 1.165) is 28.8 Å². The Morgan fingerprint density at radius 3 is 2.52 bits per heavy atom. The van der Waals surface area contributed by atoms with Crippen LogP contribution in [0.3, 0.4) is 0 Å².